The van der Waals surface area contributed by atoms with Gasteiger partial charge in [0.2, 0.25) is 0 Å². The molecule has 0 aliphatic heterocycles. The molecule has 0 fully saturated rings. The Morgan fingerprint density at radius 3 is 3.05 bits per heavy atom. The molecule has 2 aromatic heterocycles. The van der Waals surface area contributed by atoms with Gasteiger partial charge in [0.1, 0.15) is 5.75 Å². The summed E-state index contributed by atoms with van der Waals surface area (Å²) in [6, 6.07) is 2.12. The van der Waals surface area contributed by atoms with Crippen LogP contribution in [0.4, 0.5) is 0 Å². The second-order valence-electron chi connectivity index (χ2n) is 4.32. The van der Waals surface area contributed by atoms with Crippen LogP contribution in [0.25, 0.3) is 10.8 Å². The Labute approximate surface area is 118 Å². The molecule has 19 heavy (non-hydrogen) atoms. The molecule has 0 unspecified atom stereocenters. The van der Waals surface area contributed by atoms with Crippen LogP contribution in [0, 0.1) is 0 Å². The van der Waals surface area contributed by atoms with Gasteiger partial charge in [0.15, 0.2) is 0 Å². The van der Waals surface area contributed by atoms with Crippen molar-refractivity contribution in [1.29, 1.82) is 0 Å². The van der Waals surface area contributed by atoms with E-state index in [9.17, 15) is 4.79 Å². The van der Waals surface area contributed by atoms with E-state index in [1.165, 1.54) is 23.3 Å². The summed E-state index contributed by atoms with van der Waals surface area (Å²) in [5.74, 6) is -0.466. The zero-order chi connectivity index (χ0) is 13.2. The number of carbonyl (C=O) groups is 1. The third-order valence-electron chi connectivity index (χ3n) is 2.93. The molecule has 2 heterocycles. The van der Waals surface area contributed by atoms with Crippen molar-refractivity contribution in [3.05, 3.63) is 16.5 Å². The molecule has 0 radical (unpaired) electrons. The van der Waals surface area contributed by atoms with Gasteiger partial charge in [-0.05, 0) is 37.3 Å². The predicted octanol–water partition coefficient (Wildman–Crippen LogP) is 2.85. The molecule has 100 valence electrons. The minimum Gasteiger partial charge on any atom is -0.481 e. The number of aryl methyl sites for hydroxylation is 2. The van der Waals surface area contributed by atoms with E-state index < -0.39 is 5.97 Å². The maximum absolute atomic E-state index is 10.5. The van der Waals surface area contributed by atoms with E-state index in [0.717, 1.165) is 29.5 Å². The van der Waals surface area contributed by atoms with Crippen LogP contribution in [0.3, 0.4) is 0 Å². The highest BCUT2D eigenvalue weighted by molar-refractivity contribution is 7.99. The summed E-state index contributed by atoms with van der Waals surface area (Å²) in [5.41, 5.74) is 1.39. The Bertz CT molecular complexity index is 582. The molecule has 1 N–H and O–H groups in total. The van der Waals surface area contributed by atoms with Crippen LogP contribution in [0.5, 0.6) is 0 Å². The van der Waals surface area contributed by atoms with Gasteiger partial charge in [-0.3, -0.25) is 4.79 Å². The van der Waals surface area contributed by atoms with E-state index >= 15 is 0 Å². The standard InChI is InChI=1S/C12H12N2O3S2/c15-10(16)6-18-12-14-13-11(17-12)9-5-7-3-1-2-4-8(7)19-9/h5H,1-4,6H2,(H,15,16). The molecule has 0 atom stereocenters. The fourth-order valence-corrected chi connectivity index (χ4v) is 3.75. The van der Waals surface area contributed by atoms with Gasteiger partial charge in [0.25, 0.3) is 11.1 Å². The first-order chi connectivity index (χ1) is 9.22. The smallest absolute Gasteiger partial charge is 0.314 e. The first-order valence-corrected chi connectivity index (χ1v) is 7.82. The maximum atomic E-state index is 10.5. The van der Waals surface area contributed by atoms with Crippen molar-refractivity contribution in [2.75, 3.05) is 5.75 Å². The highest BCUT2D eigenvalue weighted by Crippen LogP contribution is 2.35. The summed E-state index contributed by atoms with van der Waals surface area (Å²) in [6.07, 6.45) is 4.75. The average Bonchev–Trinajstić information content (AvgIpc) is 3.02. The Hall–Kier alpha value is -1.34. The minimum atomic E-state index is -0.892. The van der Waals surface area contributed by atoms with Gasteiger partial charge in [0.05, 0.1) is 4.88 Å². The van der Waals surface area contributed by atoms with E-state index in [4.69, 9.17) is 9.52 Å². The lowest BCUT2D eigenvalue weighted by molar-refractivity contribution is -0.133. The molecule has 0 saturated carbocycles. The summed E-state index contributed by atoms with van der Waals surface area (Å²) in [6.45, 7) is 0. The fourth-order valence-electron chi connectivity index (χ4n) is 2.09. The van der Waals surface area contributed by atoms with Crippen LogP contribution in [-0.2, 0) is 17.6 Å². The Kier molecular flexibility index (Phi) is 3.56. The zero-order valence-electron chi connectivity index (χ0n) is 10.1. The number of thiophene rings is 1. The molecular formula is C12H12N2O3S2. The van der Waals surface area contributed by atoms with Crippen LogP contribution in [-0.4, -0.2) is 27.0 Å². The molecule has 0 amide bonds. The van der Waals surface area contributed by atoms with Crippen molar-refractivity contribution < 1.29 is 14.3 Å². The Morgan fingerprint density at radius 1 is 1.42 bits per heavy atom. The van der Waals surface area contributed by atoms with Crippen molar-refractivity contribution in [1.82, 2.24) is 10.2 Å². The maximum Gasteiger partial charge on any atom is 0.314 e. The Morgan fingerprint density at radius 2 is 2.26 bits per heavy atom. The monoisotopic (exact) mass is 296 g/mol. The van der Waals surface area contributed by atoms with Gasteiger partial charge in [-0.2, -0.15) is 0 Å². The van der Waals surface area contributed by atoms with E-state index in [2.05, 4.69) is 16.3 Å². The second-order valence-corrected chi connectivity index (χ2v) is 6.39. The van der Waals surface area contributed by atoms with Crippen molar-refractivity contribution >= 4 is 29.1 Å². The van der Waals surface area contributed by atoms with Crippen LogP contribution >= 0.6 is 23.1 Å². The zero-order valence-corrected chi connectivity index (χ0v) is 11.7. The quantitative estimate of drug-likeness (QED) is 0.874. The number of rotatable bonds is 4. The van der Waals surface area contributed by atoms with Gasteiger partial charge in [-0.15, -0.1) is 21.5 Å². The van der Waals surface area contributed by atoms with Crippen LogP contribution < -0.4 is 0 Å². The molecule has 1 aliphatic carbocycles. The molecule has 0 aromatic carbocycles. The highest BCUT2D eigenvalue weighted by Gasteiger charge is 2.18. The van der Waals surface area contributed by atoms with Gasteiger partial charge >= 0.3 is 5.97 Å². The van der Waals surface area contributed by atoms with Gasteiger partial charge in [0, 0.05) is 4.88 Å². The van der Waals surface area contributed by atoms with Crippen molar-refractivity contribution in [2.24, 2.45) is 0 Å². The molecule has 0 saturated heterocycles. The lowest BCUT2D eigenvalue weighted by atomic mass is 9.99. The third-order valence-corrected chi connectivity index (χ3v) is 4.96. The first-order valence-electron chi connectivity index (χ1n) is 6.02. The number of hydrogen-bond acceptors (Lipinski definition) is 6. The molecule has 0 spiro atoms. The number of carboxylic acids is 1. The number of aromatic nitrogens is 2. The Balaban J connectivity index is 1.78. The SMILES string of the molecule is O=C(O)CSc1nnc(-c2cc3c(s2)CCCC3)o1. The van der Waals surface area contributed by atoms with Gasteiger partial charge in [-0.1, -0.05) is 11.8 Å². The summed E-state index contributed by atoms with van der Waals surface area (Å²) in [4.78, 5) is 12.9. The molecule has 7 heteroatoms. The average molecular weight is 296 g/mol. The number of thioether (sulfide) groups is 1. The van der Waals surface area contributed by atoms with E-state index in [0.29, 0.717) is 11.1 Å². The first kappa shape index (κ1) is 12.7. The molecule has 3 rings (SSSR count). The number of hydrogen-bond donors (Lipinski definition) is 1. The van der Waals surface area contributed by atoms with E-state index in [1.54, 1.807) is 11.3 Å². The highest BCUT2D eigenvalue weighted by atomic mass is 32.2. The van der Waals surface area contributed by atoms with Crippen molar-refractivity contribution in [3.8, 4) is 10.8 Å². The lowest BCUT2D eigenvalue weighted by Gasteiger charge is -2.08. The predicted molar refractivity (Wildman–Crippen MR) is 72.6 cm³/mol. The number of fused-ring (bicyclic) bond motifs is 1. The summed E-state index contributed by atoms with van der Waals surface area (Å²) in [5, 5.41) is 16.8. The van der Waals surface area contributed by atoms with Crippen LogP contribution in [0.15, 0.2) is 15.7 Å². The minimum absolute atomic E-state index is 0.0669. The summed E-state index contributed by atoms with van der Waals surface area (Å²) < 4.78 is 5.49. The molecular weight excluding hydrogens is 284 g/mol. The number of nitrogens with zero attached hydrogens (tertiary/aromatic N) is 2. The normalized spacial score (nSPS) is 14.3. The topological polar surface area (TPSA) is 76.2 Å². The van der Waals surface area contributed by atoms with Crippen LogP contribution in [0.2, 0.25) is 0 Å². The van der Waals surface area contributed by atoms with E-state index in [-0.39, 0.29) is 5.75 Å². The fraction of sp³-hybridized carbons (Fsp3) is 0.417. The number of carboxylic acid groups (broad SMARTS) is 1. The van der Waals surface area contributed by atoms with E-state index in [1.807, 2.05) is 0 Å². The van der Waals surface area contributed by atoms with Crippen molar-refractivity contribution in [3.63, 3.8) is 0 Å². The van der Waals surface area contributed by atoms with Gasteiger partial charge < -0.3 is 9.52 Å². The molecule has 0 bridgehead atoms. The second kappa shape index (κ2) is 5.34. The summed E-state index contributed by atoms with van der Waals surface area (Å²) >= 11 is 2.75. The van der Waals surface area contributed by atoms with Crippen molar-refractivity contribution in [2.45, 2.75) is 30.9 Å². The molecule has 5 nitrogen and oxygen atoms in total. The molecule has 2 aromatic rings. The largest absolute Gasteiger partial charge is 0.481 e. The lowest BCUT2D eigenvalue weighted by Crippen LogP contribution is -1.97. The third kappa shape index (κ3) is 2.82. The van der Waals surface area contributed by atoms with Gasteiger partial charge in [-0.25, -0.2) is 0 Å². The number of aliphatic carboxylic acids is 1. The molecule has 1 aliphatic rings. The summed E-state index contributed by atoms with van der Waals surface area (Å²) in [7, 11) is 0. The van der Waals surface area contributed by atoms with Crippen LogP contribution in [0.1, 0.15) is 23.3 Å².